The Balaban J connectivity index is 1.33. The van der Waals surface area contributed by atoms with Crippen molar-refractivity contribution in [3.05, 3.63) is 77.3 Å². The van der Waals surface area contributed by atoms with E-state index in [4.69, 9.17) is 21.2 Å². The maximum absolute atomic E-state index is 6.09. The summed E-state index contributed by atoms with van der Waals surface area (Å²) in [5, 5.41) is 9.44. The summed E-state index contributed by atoms with van der Waals surface area (Å²) in [5.74, 6) is 0.713. The van der Waals surface area contributed by atoms with Gasteiger partial charge in [-0.05, 0) is 43.4 Å². The average Bonchev–Trinajstić information content (AvgIpc) is 3.29. The van der Waals surface area contributed by atoms with Gasteiger partial charge in [-0.1, -0.05) is 53.2 Å². The van der Waals surface area contributed by atoms with Gasteiger partial charge >= 0.3 is 0 Å². The number of halogens is 1. The zero-order chi connectivity index (χ0) is 19.9. The van der Waals surface area contributed by atoms with E-state index in [9.17, 15) is 0 Å². The molecular formula is C22H23ClN4O2. The lowest BCUT2D eigenvalue weighted by Crippen LogP contribution is -2.27. The van der Waals surface area contributed by atoms with Crippen LogP contribution in [0.4, 0.5) is 0 Å². The maximum Gasteiger partial charge on any atom is 0.137 e. The van der Waals surface area contributed by atoms with E-state index in [1.807, 2.05) is 35.0 Å². The largest absolute Gasteiger partial charge is 0.492 e. The maximum atomic E-state index is 6.09. The van der Waals surface area contributed by atoms with Crippen molar-refractivity contribution in [3.8, 4) is 5.75 Å². The molecule has 0 amide bonds. The van der Waals surface area contributed by atoms with E-state index >= 15 is 0 Å². The minimum Gasteiger partial charge on any atom is -0.492 e. The molecule has 1 aliphatic rings. The standard InChI is InChI=1S/C22H23ClN4O2/c23-19-9-3-4-10-21(19)28-13-5-6-14-29-26-22-18-8-2-1-7-17(18)11-12-20(22)27-16-24-15-25-27/h1-4,7-10,15-16,20H,5-6,11-14H2. The van der Waals surface area contributed by atoms with E-state index in [-0.39, 0.29) is 6.04 Å². The van der Waals surface area contributed by atoms with E-state index in [1.54, 1.807) is 12.7 Å². The second-order valence-corrected chi connectivity index (χ2v) is 7.29. The van der Waals surface area contributed by atoms with Gasteiger partial charge < -0.3 is 9.57 Å². The molecule has 3 aromatic rings. The summed E-state index contributed by atoms with van der Waals surface area (Å²) in [5.41, 5.74) is 3.32. The molecule has 7 heteroatoms. The molecule has 0 saturated heterocycles. The van der Waals surface area contributed by atoms with Crippen molar-refractivity contribution in [2.24, 2.45) is 5.16 Å². The van der Waals surface area contributed by atoms with Crippen molar-refractivity contribution in [2.45, 2.75) is 31.7 Å². The second kappa shape index (κ2) is 9.56. The highest BCUT2D eigenvalue weighted by atomic mass is 35.5. The van der Waals surface area contributed by atoms with Crippen LogP contribution in [0.5, 0.6) is 5.75 Å². The molecule has 2 aromatic carbocycles. The van der Waals surface area contributed by atoms with Gasteiger partial charge in [0, 0.05) is 5.56 Å². The Bertz CT molecular complexity index is 959. The number of ether oxygens (including phenoxy) is 1. The third-order valence-corrected chi connectivity index (χ3v) is 5.25. The zero-order valence-corrected chi connectivity index (χ0v) is 16.8. The molecule has 1 atom stereocenters. The van der Waals surface area contributed by atoms with Crippen LogP contribution < -0.4 is 4.74 Å². The Hall–Kier alpha value is -2.86. The van der Waals surface area contributed by atoms with Crippen LogP contribution in [0.2, 0.25) is 5.02 Å². The van der Waals surface area contributed by atoms with Gasteiger partial charge in [0.15, 0.2) is 0 Å². The van der Waals surface area contributed by atoms with Gasteiger partial charge in [0.25, 0.3) is 0 Å². The number of aromatic nitrogens is 3. The predicted octanol–water partition coefficient (Wildman–Crippen LogP) is 4.70. The first kappa shape index (κ1) is 19.5. The first-order valence-electron chi connectivity index (χ1n) is 9.82. The number of aryl methyl sites for hydroxylation is 1. The van der Waals surface area contributed by atoms with Gasteiger partial charge in [0.2, 0.25) is 0 Å². The molecule has 0 radical (unpaired) electrons. The molecule has 6 nitrogen and oxygen atoms in total. The molecule has 0 spiro atoms. The molecule has 1 heterocycles. The van der Waals surface area contributed by atoms with Crippen LogP contribution in [0.3, 0.4) is 0 Å². The van der Waals surface area contributed by atoms with Gasteiger partial charge in [-0.2, -0.15) is 5.10 Å². The molecule has 4 rings (SSSR count). The summed E-state index contributed by atoms with van der Waals surface area (Å²) in [7, 11) is 0. The van der Waals surface area contributed by atoms with Crippen molar-refractivity contribution in [3.63, 3.8) is 0 Å². The third kappa shape index (κ3) is 4.77. The lowest BCUT2D eigenvalue weighted by atomic mass is 9.86. The fourth-order valence-electron chi connectivity index (χ4n) is 3.47. The average molecular weight is 411 g/mol. The summed E-state index contributed by atoms with van der Waals surface area (Å²) in [6.45, 7) is 1.12. The Morgan fingerprint density at radius 2 is 1.90 bits per heavy atom. The third-order valence-electron chi connectivity index (χ3n) is 4.94. The molecule has 1 aliphatic carbocycles. The monoisotopic (exact) mass is 410 g/mol. The predicted molar refractivity (Wildman–Crippen MR) is 112 cm³/mol. The van der Waals surface area contributed by atoms with Gasteiger partial charge in [-0.15, -0.1) is 0 Å². The Kier molecular flexibility index (Phi) is 6.42. The Labute approximate surface area is 175 Å². The number of hydrogen-bond donors (Lipinski definition) is 0. The van der Waals surface area contributed by atoms with Crippen molar-refractivity contribution >= 4 is 17.3 Å². The van der Waals surface area contributed by atoms with Crippen molar-refractivity contribution < 1.29 is 9.57 Å². The summed E-state index contributed by atoms with van der Waals surface area (Å²) in [4.78, 5) is 9.76. The lowest BCUT2D eigenvalue weighted by molar-refractivity contribution is 0.134. The molecule has 0 fully saturated rings. The number of nitrogens with zero attached hydrogens (tertiary/aromatic N) is 4. The lowest BCUT2D eigenvalue weighted by Gasteiger charge is -2.26. The molecule has 150 valence electrons. The van der Waals surface area contributed by atoms with Crippen molar-refractivity contribution in [1.82, 2.24) is 14.8 Å². The van der Waals surface area contributed by atoms with E-state index in [0.717, 1.165) is 37.0 Å². The summed E-state index contributed by atoms with van der Waals surface area (Å²) in [6, 6.07) is 15.9. The van der Waals surface area contributed by atoms with Crippen LogP contribution in [0.15, 0.2) is 66.3 Å². The van der Waals surface area contributed by atoms with Crippen LogP contribution in [0, 0.1) is 0 Å². The molecule has 1 aromatic heterocycles. The molecule has 0 N–H and O–H groups in total. The quantitative estimate of drug-likeness (QED) is 0.399. The van der Waals surface area contributed by atoms with Crippen LogP contribution in [-0.2, 0) is 11.3 Å². The fourth-order valence-corrected chi connectivity index (χ4v) is 3.66. The van der Waals surface area contributed by atoms with Crippen molar-refractivity contribution in [1.29, 1.82) is 0 Å². The number of hydrogen-bond acceptors (Lipinski definition) is 5. The Morgan fingerprint density at radius 3 is 2.76 bits per heavy atom. The van der Waals surface area contributed by atoms with Gasteiger partial charge in [0.1, 0.15) is 30.7 Å². The highest BCUT2D eigenvalue weighted by Crippen LogP contribution is 2.29. The number of oxime groups is 1. The molecule has 0 bridgehead atoms. The molecule has 1 unspecified atom stereocenters. The Morgan fingerprint density at radius 1 is 1.07 bits per heavy atom. The number of unbranched alkanes of at least 4 members (excludes halogenated alkanes) is 1. The van der Waals surface area contributed by atoms with Crippen LogP contribution >= 0.6 is 11.6 Å². The highest BCUT2D eigenvalue weighted by molar-refractivity contribution is 6.32. The smallest absolute Gasteiger partial charge is 0.137 e. The molecular weight excluding hydrogens is 388 g/mol. The van der Waals surface area contributed by atoms with Crippen LogP contribution in [0.1, 0.15) is 36.4 Å². The summed E-state index contributed by atoms with van der Waals surface area (Å²) < 4.78 is 7.56. The summed E-state index contributed by atoms with van der Waals surface area (Å²) in [6.07, 6.45) is 6.90. The van der Waals surface area contributed by atoms with Crippen molar-refractivity contribution in [2.75, 3.05) is 13.2 Å². The van der Waals surface area contributed by atoms with Gasteiger partial charge in [-0.25, -0.2) is 9.67 Å². The fraction of sp³-hybridized carbons (Fsp3) is 0.318. The number of rotatable bonds is 8. The highest BCUT2D eigenvalue weighted by Gasteiger charge is 2.28. The minimum atomic E-state index is 0.0379. The van der Waals surface area contributed by atoms with E-state index in [1.165, 1.54) is 5.56 Å². The SMILES string of the molecule is Clc1ccccc1OCCCCON=C1c2ccccc2CCC1n1cncn1. The van der Waals surface area contributed by atoms with Gasteiger partial charge in [-0.3, -0.25) is 0 Å². The first-order chi connectivity index (χ1) is 14.3. The molecule has 29 heavy (non-hydrogen) atoms. The zero-order valence-electron chi connectivity index (χ0n) is 16.1. The number of fused-ring (bicyclic) bond motifs is 1. The topological polar surface area (TPSA) is 61.5 Å². The van der Waals surface area contributed by atoms with E-state index in [0.29, 0.717) is 24.0 Å². The van der Waals surface area contributed by atoms with Crippen LogP contribution in [-0.4, -0.2) is 33.7 Å². The minimum absolute atomic E-state index is 0.0379. The summed E-state index contributed by atoms with van der Waals surface area (Å²) >= 11 is 6.09. The second-order valence-electron chi connectivity index (χ2n) is 6.88. The van der Waals surface area contributed by atoms with Crippen LogP contribution in [0.25, 0.3) is 0 Å². The first-order valence-corrected chi connectivity index (χ1v) is 10.2. The number of benzene rings is 2. The molecule has 0 aliphatic heterocycles. The van der Waals surface area contributed by atoms with E-state index < -0.39 is 0 Å². The van der Waals surface area contributed by atoms with Gasteiger partial charge in [0.05, 0.1) is 17.7 Å². The normalized spacial score (nSPS) is 17.1. The number of para-hydroxylation sites is 1. The molecule has 0 saturated carbocycles. The van der Waals surface area contributed by atoms with E-state index in [2.05, 4.69) is 33.4 Å².